The predicted octanol–water partition coefficient (Wildman–Crippen LogP) is 3.74. The lowest BCUT2D eigenvalue weighted by molar-refractivity contribution is 0.286. The minimum absolute atomic E-state index is 0.236. The van der Waals surface area contributed by atoms with Crippen LogP contribution in [0, 0.1) is 24.1 Å². The normalized spacial score (nSPS) is 10.8. The van der Waals surface area contributed by atoms with Gasteiger partial charge in [0.05, 0.1) is 19.2 Å². The summed E-state index contributed by atoms with van der Waals surface area (Å²) in [5, 5.41) is 8.73. The summed E-state index contributed by atoms with van der Waals surface area (Å²) in [6.07, 6.45) is 0. The number of nitrogens with zero attached hydrogens (tertiary/aromatic N) is 2. The van der Waals surface area contributed by atoms with Gasteiger partial charge in [-0.3, -0.25) is 4.90 Å². The molecule has 0 saturated carbocycles. The Labute approximate surface area is 118 Å². The summed E-state index contributed by atoms with van der Waals surface area (Å²) < 4.78 is 19.3. The van der Waals surface area contributed by atoms with Crippen LogP contribution in [0.4, 0.5) is 4.39 Å². The van der Waals surface area contributed by atoms with Gasteiger partial charge in [0, 0.05) is 5.56 Å². The summed E-state index contributed by atoms with van der Waals surface area (Å²) in [7, 11) is 0. The zero-order valence-electron chi connectivity index (χ0n) is 11.7. The summed E-state index contributed by atoms with van der Waals surface area (Å²) in [6.45, 7) is 5.46. The minimum Gasteiger partial charge on any atom is -0.460 e. The van der Waals surface area contributed by atoms with Crippen LogP contribution in [0.5, 0.6) is 0 Å². The molecule has 0 atom stereocenters. The van der Waals surface area contributed by atoms with Gasteiger partial charge in [0.2, 0.25) is 0 Å². The highest BCUT2D eigenvalue weighted by Gasteiger charge is 2.11. The van der Waals surface area contributed by atoms with Gasteiger partial charge in [0.25, 0.3) is 0 Å². The van der Waals surface area contributed by atoms with Crippen LogP contribution in [0.2, 0.25) is 0 Å². The molecule has 0 radical (unpaired) electrons. The lowest BCUT2D eigenvalue weighted by Gasteiger charge is -2.14. The molecule has 0 bridgehead atoms. The first-order chi connectivity index (χ1) is 9.65. The van der Waals surface area contributed by atoms with E-state index in [0.29, 0.717) is 24.4 Å². The molecule has 1 aromatic heterocycles. The van der Waals surface area contributed by atoms with E-state index in [9.17, 15) is 4.39 Å². The number of hydrogen-bond acceptors (Lipinski definition) is 3. The summed E-state index contributed by atoms with van der Waals surface area (Å²) in [6, 6.07) is 10.8. The van der Waals surface area contributed by atoms with Crippen molar-refractivity contribution in [1.29, 1.82) is 5.26 Å². The van der Waals surface area contributed by atoms with Gasteiger partial charge in [-0.05, 0) is 37.2 Å². The van der Waals surface area contributed by atoms with Crippen molar-refractivity contribution in [3.63, 3.8) is 0 Å². The lowest BCUT2D eigenvalue weighted by Crippen LogP contribution is -2.22. The number of benzene rings is 1. The van der Waals surface area contributed by atoms with E-state index in [1.807, 2.05) is 30.0 Å². The maximum absolute atomic E-state index is 13.6. The standard InChI is InChI=1S/C16H17FN2O/c1-3-19(10-9-18)11-13-7-8-16(20-13)14-5-4-6-15(17)12(14)2/h4-8H,3,10-11H2,1-2H3. The first kappa shape index (κ1) is 14.3. The van der Waals surface area contributed by atoms with Crippen LogP contribution >= 0.6 is 0 Å². The fourth-order valence-electron chi connectivity index (χ4n) is 2.08. The zero-order chi connectivity index (χ0) is 14.5. The molecule has 3 nitrogen and oxygen atoms in total. The Morgan fingerprint density at radius 3 is 2.80 bits per heavy atom. The molecule has 0 aliphatic rings. The Morgan fingerprint density at radius 1 is 1.30 bits per heavy atom. The minimum atomic E-state index is -0.236. The van der Waals surface area contributed by atoms with Crippen molar-refractivity contribution >= 4 is 0 Å². The third kappa shape index (κ3) is 3.06. The molecule has 20 heavy (non-hydrogen) atoms. The van der Waals surface area contributed by atoms with E-state index >= 15 is 0 Å². The van der Waals surface area contributed by atoms with E-state index in [0.717, 1.165) is 17.9 Å². The quantitative estimate of drug-likeness (QED) is 0.778. The van der Waals surface area contributed by atoms with Crippen molar-refractivity contribution in [3.05, 3.63) is 47.5 Å². The van der Waals surface area contributed by atoms with Crippen molar-refractivity contribution in [2.45, 2.75) is 20.4 Å². The average molecular weight is 272 g/mol. The largest absolute Gasteiger partial charge is 0.460 e. The van der Waals surface area contributed by atoms with Crippen molar-refractivity contribution in [1.82, 2.24) is 4.90 Å². The highest BCUT2D eigenvalue weighted by Crippen LogP contribution is 2.27. The highest BCUT2D eigenvalue weighted by molar-refractivity contribution is 5.62. The van der Waals surface area contributed by atoms with Gasteiger partial charge in [-0.15, -0.1) is 0 Å². The van der Waals surface area contributed by atoms with Gasteiger partial charge in [-0.1, -0.05) is 19.1 Å². The van der Waals surface area contributed by atoms with Crippen LogP contribution in [0.15, 0.2) is 34.7 Å². The molecule has 0 amide bonds. The first-order valence-corrected chi connectivity index (χ1v) is 6.59. The predicted molar refractivity (Wildman–Crippen MR) is 75.4 cm³/mol. The van der Waals surface area contributed by atoms with E-state index in [-0.39, 0.29) is 5.82 Å². The molecule has 0 fully saturated rings. The Morgan fingerprint density at radius 2 is 2.10 bits per heavy atom. The van der Waals surface area contributed by atoms with E-state index in [1.54, 1.807) is 13.0 Å². The Balaban J connectivity index is 2.21. The highest BCUT2D eigenvalue weighted by atomic mass is 19.1. The van der Waals surface area contributed by atoms with Crippen molar-refractivity contribution in [3.8, 4) is 17.4 Å². The molecule has 1 heterocycles. The number of nitriles is 1. The van der Waals surface area contributed by atoms with Crippen molar-refractivity contribution in [2.75, 3.05) is 13.1 Å². The fourth-order valence-corrected chi connectivity index (χ4v) is 2.08. The van der Waals surface area contributed by atoms with Gasteiger partial charge in [-0.25, -0.2) is 4.39 Å². The summed E-state index contributed by atoms with van der Waals surface area (Å²) in [5.74, 6) is 1.20. The average Bonchev–Trinajstić information content (AvgIpc) is 2.89. The molecule has 0 saturated heterocycles. The molecular formula is C16H17FN2O. The van der Waals surface area contributed by atoms with Crippen LogP contribution in [0.25, 0.3) is 11.3 Å². The molecule has 2 aromatic rings. The second kappa shape index (κ2) is 6.36. The van der Waals surface area contributed by atoms with Gasteiger partial charge >= 0.3 is 0 Å². The Kier molecular flexibility index (Phi) is 4.54. The molecule has 4 heteroatoms. The molecule has 0 aliphatic heterocycles. The molecule has 2 rings (SSSR count). The smallest absolute Gasteiger partial charge is 0.134 e. The van der Waals surface area contributed by atoms with Gasteiger partial charge in [0.1, 0.15) is 17.3 Å². The summed E-state index contributed by atoms with van der Waals surface area (Å²) in [4.78, 5) is 1.97. The number of hydrogen-bond donors (Lipinski definition) is 0. The van der Waals surface area contributed by atoms with E-state index in [1.165, 1.54) is 6.07 Å². The van der Waals surface area contributed by atoms with E-state index in [2.05, 4.69) is 6.07 Å². The van der Waals surface area contributed by atoms with Crippen LogP contribution in [-0.4, -0.2) is 18.0 Å². The number of rotatable bonds is 5. The van der Waals surface area contributed by atoms with Crippen molar-refractivity contribution < 1.29 is 8.81 Å². The topological polar surface area (TPSA) is 40.2 Å². The maximum Gasteiger partial charge on any atom is 0.134 e. The molecule has 1 aromatic carbocycles. The SMILES string of the molecule is CCN(CC#N)Cc1ccc(-c2cccc(F)c2C)o1. The first-order valence-electron chi connectivity index (χ1n) is 6.59. The van der Waals surface area contributed by atoms with Crippen LogP contribution in [0.1, 0.15) is 18.2 Å². The Bertz CT molecular complexity index is 628. The summed E-state index contributed by atoms with van der Waals surface area (Å²) in [5.41, 5.74) is 1.34. The number of halogens is 1. The van der Waals surface area contributed by atoms with Crippen molar-refractivity contribution in [2.24, 2.45) is 0 Å². The Hall–Kier alpha value is -2.12. The monoisotopic (exact) mass is 272 g/mol. The van der Waals surface area contributed by atoms with Crippen LogP contribution < -0.4 is 0 Å². The zero-order valence-corrected chi connectivity index (χ0v) is 11.7. The van der Waals surface area contributed by atoms with Crippen LogP contribution in [0.3, 0.4) is 0 Å². The molecule has 104 valence electrons. The maximum atomic E-state index is 13.6. The second-order valence-electron chi connectivity index (χ2n) is 4.64. The third-order valence-corrected chi connectivity index (χ3v) is 3.32. The van der Waals surface area contributed by atoms with Gasteiger partial charge in [0.15, 0.2) is 0 Å². The van der Waals surface area contributed by atoms with E-state index < -0.39 is 0 Å². The van der Waals surface area contributed by atoms with Gasteiger partial charge in [-0.2, -0.15) is 5.26 Å². The molecule has 0 aliphatic carbocycles. The molecular weight excluding hydrogens is 255 g/mol. The van der Waals surface area contributed by atoms with E-state index in [4.69, 9.17) is 9.68 Å². The third-order valence-electron chi connectivity index (χ3n) is 3.32. The molecule has 0 N–H and O–H groups in total. The molecule has 0 unspecified atom stereocenters. The van der Waals surface area contributed by atoms with Crippen LogP contribution in [-0.2, 0) is 6.54 Å². The lowest BCUT2D eigenvalue weighted by atomic mass is 10.1. The summed E-state index contributed by atoms with van der Waals surface area (Å²) >= 11 is 0. The molecule has 0 spiro atoms. The number of furan rings is 1. The fraction of sp³-hybridized carbons (Fsp3) is 0.312. The second-order valence-corrected chi connectivity index (χ2v) is 4.64. The van der Waals surface area contributed by atoms with Gasteiger partial charge < -0.3 is 4.42 Å².